The zero-order chi connectivity index (χ0) is 45.8. The normalized spacial score (nSPS) is 17.4. The Balaban J connectivity index is 0.000000142. The summed E-state index contributed by atoms with van der Waals surface area (Å²) < 4.78 is 0. The zero-order valence-corrected chi connectivity index (χ0v) is 37.8. The number of nitrogens with zero attached hydrogens (tertiary/aromatic N) is 9. The standard InChI is InChI=1S/C22H18N6O2.C13H13ClN2Si.C12H14N4O2/c1-2-15-5-6-18-16(12-15)13-24-20(25-18)27-10-7-22(8-11-27)19(29)28(21(30)26-22)17-4-3-9-23-14-17;1-17(2,3)7-6-10-4-5-12-11(8-10)9-15-13(14)16-12;17-10-12(3-6-13-7-4-12)15-11(18)16(10)9-2-1-5-14-8-9/h1,3-6,9,12-14H,7-8,10-11H2,(H,26,30);4-5,8-9H,1-3H3;1-2,5,8,13H,3-4,6-7H2,(H,15,18). The van der Waals surface area contributed by atoms with Crippen LogP contribution in [0.4, 0.5) is 26.9 Å². The van der Waals surface area contributed by atoms with Gasteiger partial charge in [0.25, 0.3) is 11.8 Å². The molecule has 328 valence electrons. The number of rotatable bonds is 3. The number of nitrogens with one attached hydrogen (secondary N) is 3. The van der Waals surface area contributed by atoms with Crippen molar-refractivity contribution in [3.63, 3.8) is 0 Å². The summed E-state index contributed by atoms with van der Waals surface area (Å²) in [5.74, 6) is 6.03. The first-order valence-electron chi connectivity index (χ1n) is 21.0. The highest BCUT2D eigenvalue weighted by atomic mass is 35.5. The minimum Gasteiger partial charge on any atom is -0.341 e. The van der Waals surface area contributed by atoms with Gasteiger partial charge in [-0.05, 0) is 111 Å². The fourth-order valence-corrected chi connectivity index (χ4v) is 8.57. The van der Waals surface area contributed by atoms with Crippen LogP contribution in [-0.4, -0.2) is 99.1 Å². The van der Waals surface area contributed by atoms with E-state index < -0.39 is 25.2 Å². The maximum atomic E-state index is 13.1. The molecule has 18 heteroatoms. The maximum absolute atomic E-state index is 13.1. The van der Waals surface area contributed by atoms with E-state index in [0.29, 0.717) is 56.1 Å². The molecule has 0 unspecified atom stereocenters. The van der Waals surface area contributed by atoms with Gasteiger partial charge in [-0.3, -0.25) is 19.6 Å². The Morgan fingerprint density at radius 2 is 1.23 bits per heavy atom. The molecule has 2 spiro atoms. The smallest absolute Gasteiger partial charge is 0.329 e. The third kappa shape index (κ3) is 9.63. The molecule has 16 nitrogen and oxygen atoms in total. The van der Waals surface area contributed by atoms with E-state index in [9.17, 15) is 19.2 Å². The Bertz CT molecular complexity index is 2900. The van der Waals surface area contributed by atoms with E-state index in [1.165, 1.54) is 22.2 Å². The molecule has 4 aromatic heterocycles. The van der Waals surface area contributed by atoms with Crippen LogP contribution in [0.3, 0.4) is 0 Å². The van der Waals surface area contributed by atoms with Crippen LogP contribution in [0.1, 0.15) is 36.8 Å². The summed E-state index contributed by atoms with van der Waals surface area (Å²) in [4.78, 5) is 79.7. The average molecular weight is 905 g/mol. The number of carbonyl (C=O) groups is 4. The predicted molar refractivity (Wildman–Crippen MR) is 252 cm³/mol. The summed E-state index contributed by atoms with van der Waals surface area (Å²) in [6.45, 7) is 9.28. The van der Waals surface area contributed by atoms with Crippen molar-refractivity contribution < 1.29 is 19.2 Å². The van der Waals surface area contributed by atoms with Gasteiger partial charge in [-0.1, -0.05) is 31.5 Å². The first kappa shape index (κ1) is 44.3. The number of halogens is 1. The number of urea groups is 2. The van der Waals surface area contributed by atoms with Crippen molar-refractivity contribution in [3.05, 3.63) is 114 Å². The highest BCUT2D eigenvalue weighted by Crippen LogP contribution is 2.34. The maximum Gasteiger partial charge on any atom is 0.329 e. The quantitative estimate of drug-likeness (QED) is 0.0830. The Labute approximate surface area is 381 Å². The number of hydrogen-bond acceptors (Lipinski definition) is 12. The van der Waals surface area contributed by atoms with Crippen LogP contribution in [-0.2, 0) is 9.59 Å². The molecule has 3 N–H and O–H groups in total. The van der Waals surface area contributed by atoms with Gasteiger partial charge in [0.2, 0.25) is 11.2 Å². The average Bonchev–Trinajstić information content (AvgIpc) is 3.70. The second kappa shape index (κ2) is 18.4. The summed E-state index contributed by atoms with van der Waals surface area (Å²) >= 11 is 5.73. The number of amides is 6. The molecule has 4 aliphatic rings. The van der Waals surface area contributed by atoms with E-state index in [1.807, 2.05) is 41.3 Å². The first-order chi connectivity index (χ1) is 31.3. The molecule has 0 aliphatic carbocycles. The Morgan fingerprint density at radius 1 is 0.692 bits per heavy atom. The van der Waals surface area contributed by atoms with Crippen LogP contribution in [0.2, 0.25) is 24.9 Å². The van der Waals surface area contributed by atoms with Gasteiger partial charge in [-0.2, -0.15) is 0 Å². The van der Waals surface area contributed by atoms with Crippen molar-refractivity contribution >= 4 is 82.7 Å². The lowest BCUT2D eigenvalue weighted by molar-refractivity contribution is -0.123. The third-order valence-electron chi connectivity index (χ3n) is 11.4. The number of imide groups is 2. The summed E-state index contributed by atoms with van der Waals surface area (Å²) in [7, 11) is -1.33. The Morgan fingerprint density at radius 3 is 1.78 bits per heavy atom. The van der Waals surface area contributed by atoms with Gasteiger partial charge in [-0.15, -0.1) is 12.0 Å². The first-order valence-corrected chi connectivity index (χ1v) is 24.9. The monoisotopic (exact) mass is 904 g/mol. The van der Waals surface area contributed by atoms with E-state index in [4.69, 9.17) is 18.0 Å². The molecule has 6 aromatic rings. The molecule has 0 bridgehead atoms. The molecule has 4 fully saturated rings. The SMILES string of the molecule is C#Cc1ccc2nc(N3CCC4(CC3)NC(=O)N(c3cccnc3)C4=O)ncc2c1.C[Si](C)(C)C#Cc1ccc2nc(Cl)ncc2c1.O=C1NC2(CCNCC2)C(=O)N1c1cccnc1. The van der Waals surface area contributed by atoms with Gasteiger partial charge in [0.05, 0.1) is 34.8 Å². The van der Waals surface area contributed by atoms with Crippen molar-refractivity contribution in [3.8, 4) is 23.8 Å². The molecular weight excluding hydrogens is 860 g/mol. The molecule has 0 radical (unpaired) electrons. The molecule has 4 saturated heterocycles. The van der Waals surface area contributed by atoms with E-state index in [2.05, 4.69) is 82.9 Å². The number of fused-ring (bicyclic) bond motifs is 2. The lowest BCUT2D eigenvalue weighted by Crippen LogP contribution is -2.55. The molecular formula is C47H45ClN12O4Si. The number of aromatic nitrogens is 6. The van der Waals surface area contributed by atoms with Crippen LogP contribution < -0.4 is 30.7 Å². The summed E-state index contributed by atoms with van der Waals surface area (Å²) in [5, 5.41) is 11.1. The largest absolute Gasteiger partial charge is 0.341 e. The van der Waals surface area contributed by atoms with E-state index in [1.54, 1.807) is 49.1 Å². The van der Waals surface area contributed by atoms with Gasteiger partial charge < -0.3 is 20.9 Å². The van der Waals surface area contributed by atoms with Crippen LogP contribution in [0, 0.1) is 23.8 Å². The van der Waals surface area contributed by atoms with Gasteiger partial charge in [0.15, 0.2) is 0 Å². The van der Waals surface area contributed by atoms with E-state index >= 15 is 0 Å². The van der Waals surface area contributed by atoms with Crippen LogP contribution in [0.5, 0.6) is 0 Å². The van der Waals surface area contributed by atoms with Gasteiger partial charge in [0.1, 0.15) is 19.2 Å². The van der Waals surface area contributed by atoms with Crippen molar-refractivity contribution in [1.82, 2.24) is 45.9 Å². The number of carbonyl (C=O) groups excluding carboxylic acids is 4. The Kier molecular flexibility index (Phi) is 12.6. The highest BCUT2D eigenvalue weighted by Gasteiger charge is 2.54. The fraction of sp³-hybridized carbons (Fsp3) is 0.277. The lowest BCUT2D eigenvalue weighted by Gasteiger charge is -2.37. The topological polar surface area (TPSA) is 191 Å². The molecule has 6 amide bonds. The molecule has 4 aliphatic heterocycles. The van der Waals surface area contributed by atoms with Gasteiger partial charge in [-0.25, -0.2) is 39.3 Å². The van der Waals surface area contributed by atoms with Crippen molar-refractivity contribution in [2.45, 2.75) is 56.4 Å². The number of hydrogen-bond donors (Lipinski definition) is 3. The van der Waals surface area contributed by atoms with E-state index in [0.717, 1.165) is 46.0 Å². The van der Waals surface area contributed by atoms with Crippen LogP contribution in [0.25, 0.3) is 21.8 Å². The van der Waals surface area contributed by atoms with E-state index in [-0.39, 0.29) is 23.1 Å². The minimum atomic E-state index is -1.33. The molecule has 0 atom stereocenters. The summed E-state index contributed by atoms with van der Waals surface area (Å²) in [6.07, 6.45) is 17.4. The summed E-state index contributed by atoms with van der Waals surface area (Å²) in [6, 6.07) is 17.6. The second-order valence-electron chi connectivity index (χ2n) is 17.0. The summed E-state index contributed by atoms with van der Waals surface area (Å²) in [5.41, 5.74) is 6.16. The molecule has 10 rings (SSSR count). The zero-order valence-electron chi connectivity index (χ0n) is 36.0. The minimum absolute atomic E-state index is 0.165. The third-order valence-corrected chi connectivity index (χ3v) is 12.4. The number of terminal acetylenes is 1. The molecule has 2 aromatic carbocycles. The van der Waals surface area contributed by atoms with Crippen LogP contribution in [0.15, 0.2) is 97.8 Å². The van der Waals surface area contributed by atoms with Crippen molar-refractivity contribution in [1.29, 1.82) is 0 Å². The number of benzene rings is 2. The molecule has 0 saturated carbocycles. The Hall–Kier alpha value is -7.31. The number of pyridine rings is 2. The van der Waals surface area contributed by atoms with Gasteiger partial charge >= 0.3 is 12.1 Å². The number of piperidine rings is 2. The predicted octanol–water partition coefficient (Wildman–Crippen LogP) is 5.87. The van der Waals surface area contributed by atoms with Crippen molar-refractivity contribution in [2.75, 3.05) is 40.9 Å². The highest BCUT2D eigenvalue weighted by molar-refractivity contribution is 6.83. The second-order valence-corrected chi connectivity index (χ2v) is 22.1. The van der Waals surface area contributed by atoms with Crippen molar-refractivity contribution in [2.24, 2.45) is 0 Å². The van der Waals surface area contributed by atoms with Crippen LogP contribution >= 0.6 is 11.6 Å². The fourth-order valence-electron chi connectivity index (χ4n) is 7.92. The molecule has 8 heterocycles. The molecule has 65 heavy (non-hydrogen) atoms. The van der Waals surface area contributed by atoms with Gasteiger partial charge in [0, 0.05) is 59.8 Å². The lowest BCUT2D eigenvalue weighted by atomic mass is 9.87. The number of anilines is 3.